The molecule has 10 heteroatoms. The monoisotopic (exact) mass is 365 g/mol. The zero-order valence-electron chi connectivity index (χ0n) is 13.7. The van der Waals surface area contributed by atoms with Crippen molar-refractivity contribution in [3.8, 4) is 0 Å². The first kappa shape index (κ1) is 18.9. The Hall–Kier alpha value is -3.43. The summed E-state index contributed by atoms with van der Waals surface area (Å²) in [5, 5.41) is 24.5. The summed E-state index contributed by atoms with van der Waals surface area (Å²) < 4.78 is 26.3. The second-order valence-electron chi connectivity index (χ2n) is 5.52. The summed E-state index contributed by atoms with van der Waals surface area (Å²) in [6.45, 7) is 2.78. The van der Waals surface area contributed by atoms with Crippen LogP contribution in [0.3, 0.4) is 0 Å². The van der Waals surface area contributed by atoms with Crippen molar-refractivity contribution >= 4 is 17.3 Å². The highest BCUT2D eigenvalue weighted by molar-refractivity contribution is 5.97. The van der Waals surface area contributed by atoms with E-state index in [1.165, 1.54) is 19.9 Å². The van der Waals surface area contributed by atoms with Gasteiger partial charge >= 0.3 is 0 Å². The minimum Gasteiger partial charge on any atom is -0.346 e. The van der Waals surface area contributed by atoms with Gasteiger partial charge in [0.15, 0.2) is 11.6 Å². The molecular weight excluding hydrogens is 352 g/mol. The van der Waals surface area contributed by atoms with E-state index in [0.29, 0.717) is 0 Å². The predicted octanol–water partition coefficient (Wildman–Crippen LogP) is 3.58. The second-order valence-corrected chi connectivity index (χ2v) is 5.52. The number of nitrogens with one attached hydrogen (secondary N) is 1. The molecule has 0 bridgehead atoms. The minimum absolute atomic E-state index is 0.0458. The smallest absolute Gasteiger partial charge is 0.279 e. The lowest BCUT2D eigenvalue weighted by Crippen LogP contribution is -2.27. The molecule has 8 nitrogen and oxygen atoms in total. The molecule has 1 amide bonds. The van der Waals surface area contributed by atoms with Gasteiger partial charge in [0.2, 0.25) is 0 Å². The minimum atomic E-state index is -1.09. The number of halogens is 2. The molecule has 0 spiro atoms. The number of carbonyl (C=O) groups excluding carboxylic acids is 1. The number of non-ortho nitro benzene ring substituents is 1. The van der Waals surface area contributed by atoms with E-state index >= 15 is 0 Å². The molecule has 136 valence electrons. The molecule has 0 heterocycles. The molecule has 0 fully saturated rings. The van der Waals surface area contributed by atoms with Gasteiger partial charge in [0.05, 0.1) is 27.5 Å². The number of hydrogen-bond acceptors (Lipinski definition) is 5. The average Bonchev–Trinajstić information content (AvgIpc) is 2.56. The third kappa shape index (κ3) is 3.79. The molecule has 1 atom stereocenters. The maximum atomic E-state index is 13.3. The number of nitro groups is 2. The standard InChI is InChI=1S/C16H13F2N3O5/c1-8-12(6-11(20(23)24)7-15(8)21(25)26)16(22)19-9(2)10-3-4-13(17)14(18)5-10/h3-7,9H,1-2H3,(H,19,22). The Morgan fingerprint density at radius 3 is 2.27 bits per heavy atom. The van der Waals surface area contributed by atoms with Crippen LogP contribution in [0.1, 0.15) is 34.5 Å². The van der Waals surface area contributed by atoms with Crippen molar-refractivity contribution in [1.82, 2.24) is 5.32 Å². The number of hydrogen-bond donors (Lipinski definition) is 1. The Morgan fingerprint density at radius 2 is 1.73 bits per heavy atom. The highest BCUT2D eigenvalue weighted by Crippen LogP contribution is 2.28. The molecule has 0 aliphatic carbocycles. The number of nitrogens with zero attached hydrogens (tertiary/aromatic N) is 2. The highest BCUT2D eigenvalue weighted by atomic mass is 19.2. The Balaban J connectivity index is 2.37. The van der Waals surface area contributed by atoms with Gasteiger partial charge in [-0.1, -0.05) is 6.07 Å². The van der Waals surface area contributed by atoms with Gasteiger partial charge in [-0.25, -0.2) is 8.78 Å². The lowest BCUT2D eigenvalue weighted by atomic mass is 10.0. The molecule has 1 N–H and O–H groups in total. The molecule has 2 aromatic carbocycles. The zero-order chi connectivity index (χ0) is 19.6. The van der Waals surface area contributed by atoms with E-state index in [1.54, 1.807) is 0 Å². The molecule has 0 saturated carbocycles. The summed E-state index contributed by atoms with van der Waals surface area (Å²) in [5.74, 6) is -2.95. The Labute approximate surface area is 145 Å². The van der Waals surface area contributed by atoms with Crippen molar-refractivity contribution in [2.24, 2.45) is 0 Å². The molecule has 0 radical (unpaired) electrons. The molecule has 2 rings (SSSR count). The molecule has 0 aliphatic rings. The average molecular weight is 365 g/mol. The van der Waals surface area contributed by atoms with Crippen molar-refractivity contribution in [2.75, 3.05) is 0 Å². The van der Waals surface area contributed by atoms with E-state index in [2.05, 4.69) is 5.32 Å². The van der Waals surface area contributed by atoms with Crippen molar-refractivity contribution in [3.63, 3.8) is 0 Å². The lowest BCUT2D eigenvalue weighted by molar-refractivity contribution is -0.394. The fourth-order valence-electron chi connectivity index (χ4n) is 2.35. The topological polar surface area (TPSA) is 115 Å². The van der Waals surface area contributed by atoms with Gasteiger partial charge in [-0.3, -0.25) is 25.0 Å². The quantitative estimate of drug-likeness (QED) is 0.642. The maximum absolute atomic E-state index is 13.3. The van der Waals surface area contributed by atoms with Crippen LogP contribution < -0.4 is 5.32 Å². The van der Waals surface area contributed by atoms with Crippen molar-refractivity contribution in [1.29, 1.82) is 0 Å². The van der Waals surface area contributed by atoms with Gasteiger partial charge in [0.25, 0.3) is 17.3 Å². The Kier molecular flexibility index (Phi) is 5.24. The van der Waals surface area contributed by atoms with Crippen LogP contribution in [0.15, 0.2) is 30.3 Å². The van der Waals surface area contributed by atoms with Gasteiger partial charge in [-0.05, 0) is 31.5 Å². The molecule has 1 unspecified atom stereocenters. The number of nitro benzene ring substituents is 2. The van der Waals surface area contributed by atoms with Gasteiger partial charge in [-0.15, -0.1) is 0 Å². The van der Waals surface area contributed by atoms with Gasteiger partial charge < -0.3 is 5.32 Å². The third-order valence-corrected chi connectivity index (χ3v) is 3.81. The van der Waals surface area contributed by atoms with Crippen LogP contribution in [0.4, 0.5) is 20.2 Å². The van der Waals surface area contributed by atoms with Crippen LogP contribution in [0.25, 0.3) is 0 Å². The zero-order valence-corrected chi connectivity index (χ0v) is 13.7. The van der Waals surface area contributed by atoms with Crippen LogP contribution in [-0.4, -0.2) is 15.8 Å². The summed E-state index contributed by atoms with van der Waals surface area (Å²) in [6, 6.07) is 4.00. The van der Waals surface area contributed by atoms with E-state index in [0.717, 1.165) is 24.3 Å². The molecule has 0 aliphatic heterocycles. The first-order valence-corrected chi connectivity index (χ1v) is 7.31. The van der Waals surface area contributed by atoms with E-state index in [1.807, 2.05) is 0 Å². The maximum Gasteiger partial charge on any atom is 0.279 e. The van der Waals surface area contributed by atoms with Crippen LogP contribution in [0, 0.1) is 38.8 Å². The molecule has 0 aromatic heterocycles. The van der Waals surface area contributed by atoms with Crippen LogP contribution in [0.2, 0.25) is 0 Å². The van der Waals surface area contributed by atoms with Crippen LogP contribution >= 0.6 is 0 Å². The normalized spacial score (nSPS) is 11.7. The van der Waals surface area contributed by atoms with Crippen molar-refractivity contribution < 1.29 is 23.4 Å². The Bertz CT molecular complexity index is 917. The number of rotatable bonds is 5. The number of amides is 1. The summed E-state index contributed by atoms with van der Waals surface area (Å²) in [7, 11) is 0. The van der Waals surface area contributed by atoms with Crippen molar-refractivity contribution in [3.05, 3.63) is 78.9 Å². The van der Waals surface area contributed by atoms with Gasteiger partial charge in [-0.2, -0.15) is 0 Å². The number of carbonyl (C=O) groups is 1. The summed E-state index contributed by atoms with van der Waals surface area (Å²) in [4.78, 5) is 32.8. The molecule has 2 aromatic rings. The first-order valence-electron chi connectivity index (χ1n) is 7.31. The lowest BCUT2D eigenvalue weighted by Gasteiger charge is -2.15. The molecular formula is C16H13F2N3O5. The first-order chi connectivity index (χ1) is 12.1. The van der Waals surface area contributed by atoms with E-state index in [-0.39, 0.29) is 16.7 Å². The van der Waals surface area contributed by atoms with E-state index < -0.39 is 44.8 Å². The molecule has 26 heavy (non-hydrogen) atoms. The highest BCUT2D eigenvalue weighted by Gasteiger charge is 2.25. The third-order valence-electron chi connectivity index (χ3n) is 3.81. The second kappa shape index (κ2) is 7.21. The van der Waals surface area contributed by atoms with Gasteiger partial charge in [0.1, 0.15) is 0 Å². The summed E-state index contributed by atoms with van der Waals surface area (Å²) in [5.41, 5.74) is -1.21. The largest absolute Gasteiger partial charge is 0.346 e. The predicted molar refractivity (Wildman–Crippen MR) is 86.7 cm³/mol. The fourth-order valence-corrected chi connectivity index (χ4v) is 2.35. The van der Waals surface area contributed by atoms with Crippen molar-refractivity contribution in [2.45, 2.75) is 19.9 Å². The van der Waals surface area contributed by atoms with Crippen LogP contribution in [-0.2, 0) is 0 Å². The summed E-state index contributed by atoms with van der Waals surface area (Å²) in [6.07, 6.45) is 0. The van der Waals surface area contributed by atoms with E-state index in [4.69, 9.17) is 0 Å². The summed E-state index contributed by atoms with van der Waals surface area (Å²) >= 11 is 0. The van der Waals surface area contributed by atoms with Gasteiger partial charge in [0, 0.05) is 11.6 Å². The Morgan fingerprint density at radius 1 is 1.08 bits per heavy atom. The SMILES string of the molecule is Cc1c(C(=O)NC(C)c2ccc(F)c(F)c2)cc([N+](=O)[O-])cc1[N+](=O)[O-]. The fraction of sp³-hybridized carbons (Fsp3) is 0.188. The molecule has 0 saturated heterocycles. The number of benzene rings is 2. The van der Waals surface area contributed by atoms with E-state index in [9.17, 15) is 33.8 Å². The van der Waals surface area contributed by atoms with Crippen LogP contribution in [0.5, 0.6) is 0 Å².